The quantitative estimate of drug-likeness (QED) is 0.121. The molecule has 0 saturated carbocycles. The second kappa shape index (κ2) is 10.4. The summed E-state index contributed by atoms with van der Waals surface area (Å²) in [5, 5.41) is 2.17. The highest BCUT2D eigenvalue weighted by atomic mass is 32.1. The van der Waals surface area contributed by atoms with Gasteiger partial charge in [-0.2, -0.15) is 0 Å². The van der Waals surface area contributed by atoms with E-state index in [2.05, 4.69) is 55.6 Å². The van der Waals surface area contributed by atoms with Crippen LogP contribution in [0.1, 0.15) is 12.0 Å². The summed E-state index contributed by atoms with van der Waals surface area (Å²) in [6.07, 6.45) is 3.90. The highest BCUT2D eigenvalue weighted by Gasteiger charge is 2.16. The fraction of sp³-hybridized carbons (Fsp3) is 0.143. The van der Waals surface area contributed by atoms with Gasteiger partial charge in [-0.15, -0.1) is 11.3 Å². The fourth-order valence-corrected chi connectivity index (χ4v) is 5.03. The first-order valence-corrected chi connectivity index (χ1v) is 11.6. The number of benzene rings is 3. The van der Waals surface area contributed by atoms with E-state index in [4.69, 9.17) is 14.2 Å². The molecule has 34 heavy (non-hydrogen) atoms. The van der Waals surface area contributed by atoms with Crippen LogP contribution in [0, 0.1) is 0 Å². The largest absolute Gasteiger partial charge is 0.491 e. The number of thiophene rings is 1. The number of carbonyl (C=O) groups excluding carboxylic acids is 2. The standard InChI is InChI=1S/C28H24O5S/c1-4-25(29)32-16-6-7-18-8-10-19(11-9-18)20-12-13-21-22-14-15-23(33-26(30)5-2)27(31-3)28(22)34-24(21)17-20/h4-5,8-15,17H,1-2,6-7,16H2,3H3. The summed E-state index contributed by atoms with van der Waals surface area (Å²) in [5.74, 6) is 0.000900. The summed E-state index contributed by atoms with van der Waals surface area (Å²) in [5.41, 5.74) is 3.42. The van der Waals surface area contributed by atoms with Gasteiger partial charge in [0.15, 0.2) is 11.5 Å². The van der Waals surface area contributed by atoms with Gasteiger partial charge in [0.05, 0.1) is 18.4 Å². The van der Waals surface area contributed by atoms with E-state index in [1.165, 1.54) is 11.6 Å². The second-order valence-corrected chi connectivity index (χ2v) is 8.64. The SMILES string of the molecule is C=CC(=O)OCCCc1ccc(-c2ccc3c(c2)sc2c(OC)c(OC(=O)C=C)ccc23)cc1. The van der Waals surface area contributed by atoms with Gasteiger partial charge < -0.3 is 14.2 Å². The van der Waals surface area contributed by atoms with Crippen LogP contribution in [-0.2, 0) is 20.7 Å². The van der Waals surface area contributed by atoms with Gasteiger partial charge in [0.1, 0.15) is 0 Å². The number of hydrogen-bond donors (Lipinski definition) is 0. The Bertz CT molecular complexity index is 1380. The highest BCUT2D eigenvalue weighted by molar-refractivity contribution is 7.26. The first kappa shape index (κ1) is 23.3. The predicted molar refractivity (Wildman–Crippen MR) is 137 cm³/mol. The van der Waals surface area contributed by atoms with Crippen molar-refractivity contribution in [2.45, 2.75) is 12.8 Å². The number of aryl methyl sites for hydroxylation is 1. The Kier molecular flexibility index (Phi) is 7.09. The van der Waals surface area contributed by atoms with Gasteiger partial charge in [-0.25, -0.2) is 9.59 Å². The van der Waals surface area contributed by atoms with E-state index in [0.717, 1.165) is 50.2 Å². The van der Waals surface area contributed by atoms with Gasteiger partial charge >= 0.3 is 11.9 Å². The van der Waals surface area contributed by atoms with Gasteiger partial charge in [-0.3, -0.25) is 0 Å². The maximum Gasteiger partial charge on any atom is 0.335 e. The number of ether oxygens (including phenoxy) is 3. The molecule has 1 aromatic heterocycles. The normalized spacial score (nSPS) is 10.7. The Labute approximate surface area is 201 Å². The molecule has 0 aliphatic carbocycles. The van der Waals surface area contributed by atoms with Crippen molar-refractivity contribution in [3.63, 3.8) is 0 Å². The van der Waals surface area contributed by atoms with E-state index in [9.17, 15) is 9.59 Å². The Hall–Kier alpha value is -3.90. The van der Waals surface area contributed by atoms with Crippen LogP contribution < -0.4 is 9.47 Å². The molecular weight excluding hydrogens is 448 g/mol. The van der Waals surface area contributed by atoms with Crippen LogP contribution in [0.3, 0.4) is 0 Å². The van der Waals surface area contributed by atoms with Gasteiger partial charge in [0, 0.05) is 27.6 Å². The molecule has 4 aromatic rings. The van der Waals surface area contributed by atoms with Crippen LogP contribution in [0.4, 0.5) is 0 Å². The lowest BCUT2D eigenvalue weighted by Gasteiger charge is -2.08. The minimum absolute atomic E-state index is 0.376. The molecule has 0 atom stereocenters. The molecule has 5 nitrogen and oxygen atoms in total. The third kappa shape index (κ3) is 4.87. The van der Waals surface area contributed by atoms with Crippen molar-refractivity contribution >= 4 is 43.4 Å². The molecule has 0 fully saturated rings. The Morgan fingerprint density at radius 2 is 1.62 bits per heavy atom. The monoisotopic (exact) mass is 472 g/mol. The zero-order chi connectivity index (χ0) is 24.1. The molecule has 0 amide bonds. The lowest BCUT2D eigenvalue weighted by Crippen LogP contribution is -2.04. The van der Waals surface area contributed by atoms with E-state index < -0.39 is 11.9 Å². The van der Waals surface area contributed by atoms with E-state index >= 15 is 0 Å². The summed E-state index contributed by atoms with van der Waals surface area (Å²) in [6.45, 7) is 7.22. The van der Waals surface area contributed by atoms with Crippen LogP contribution in [0.2, 0.25) is 0 Å². The fourth-order valence-electron chi connectivity index (χ4n) is 3.77. The number of fused-ring (bicyclic) bond motifs is 3. The molecule has 0 radical (unpaired) electrons. The maximum atomic E-state index is 11.7. The zero-order valence-electron chi connectivity index (χ0n) is 18.8. The minimum atomic E-state index is -0.526. The Balaban J connectivity index is 1.57. The van der Waals surface area contributed by atoms with Crippen molar-refractivity contribution < 1.29 is 23.8 Å². The van der Waals surface area contributed by atoms with Gasteiger partial charge in [-0.05, 0) is 47.7 Å². The molecule has 6 heteroatoms. The Morgan fingerprint density at radius 1 is 0.912 bits per heavy atom. The molecule has 0 bridgehead atoms. The molecule has 0 N–H and O–H groups in total. The van der Waals surface area contributed by atoms with Crippen molar-refractivity contribution in [3.8, 4) is 22.6 Å². The first-order chi connectivity index (χ1) is 16.5. The van der Waals surface area contributed by atoms with Crippen molar-refractivity contribution in [2.24, 2.45) is 0 Å². The number of carbonyl (C=O) groups is 2. The van der Waals surface area contributed by atoms with E-state index in [1.807, 2.05) is 6.07 Å². The third-order valence-electron chi connectivity index (χ3n) is 5.45. The van der Waals surface area contributed by atoms with E-state index in [0.29, 0.717) is 18.1 Å². The third-order valence-corrected chi connectivity index (χ3v) is 6.62. The topological polar surface area (TPSA) is 61.8 Å². The lowest BCUT2D eigenvalue weighted by molar-refractivity contribution is -0.137. The van der Waals surface area contributed by atoms with Gasteiger partial charge in [0.25, 0.3) is 0 Å². The van der Waals surface area contributed by atoms with Gasteiger partial charge in [0.2, 0.25) is 0 Å². The van der Waals surface area contributed by atoms with Crippen LogP contribution in [-0.4, -0.2) is 25.7 Å². The molecule has 0 spiro atoms. The Morgan fingerprint density at radius 3 is 2.32 bits per heavy atom. The van der Waals surface area contributed by atoms with Gasteiger partial charge in [-0.1, -0.05) is 49.6 Å². The maximum absolute atomic E-state index is 11.7. The molecule has 0 aliphatic heterocycles. The molecule has 0 saturated heterocycles. The van der Waals surface area contributed by atoms with Crippen LogP contribution in [0.25, 0.3) is 31.3 Å². The summed E-state index contributed by atoms with van der Waals surface area (Å²) >= 11 is 1.60. The molecular formula is C28H24O5S. The zero-order valence-corrected chi connectivity index (χ0v) is 19.7. The summed E-state index contributed by atoms with van der Waals surface area (Å²) in [6, 6.07) is 18.5. The second-order valence-electron chi connectivity index (χ2n) is 7.58. The number of hydrogen-bond acceptors (Lipinski definition) is 6. The molecule has 172 valence electrons. The van der Waals surface area contributed by atoms with Crippen molar-refractivity contribution in [1.82, 2.24) is 0 Å². The lowest BCUT2D eigenvalue weighted by atomic mass is 10.0. The molecule has 1 heterocycles. The number of rotatable bonds is 9. The minimum Gasteiger partial charge on any atom is -0.491 e. The molecule has 3 aromatic carbocycles. The van der Waals surface area contributed by atoms with Crippen molar-refractivity contribution in [3.05, 3.63) is 85.5 Å². The van der Waals surface area contributed by atoms with E-state index in [1.54, 1.807) is 24.5 Å². The van der Waals surface area contributed by atoms with E-state index in [-0.39, 0.29) is 0 Å². The van der Waals surface area contributed by atoms with Crippen LogP contribution in [0.5, 0.6) is 11.5 Å². The number of esters is 2. The smallest absolute Gasteiger partial charge is 0.335 e. The first-order valence-electron chi connectivity index (χ1n) is 10.8. The van der Waals surface area contributed by atoms with Crippen molar-refractivity contribution in [2.75, 3.05) is 13.7 Å². The highest BCUT2D eigenvalue weighted by Crippen LogP contribution is 2.45. The average molecular weight is 473 g/mol. The summed E-state index contributed by atoms with van der Waals surface area (Å²) in [7, 11) is 1.57. The summed E-state index contributed by atoms with van der Waals surface area (Å²) in [4.78, 5) is 22.8. The van der Waals surface area contributed by atoms with Crippen LogP contribution >= 0.6 is 11.3 Å². The molecule has 0 unspecified atom stereocenters. The summed E-state index contributed by atoms with van der Waals surface area (Å²) < 4.78 is 18.0. The van der Waals surface area contributed by atoms with Crippen LogP contribution in [0.15, 0.2) is 79.9 Å². The average Bonchev–Trinajstić information content (AvgIpc) is 3.24. The number of methoxy groups -OCH3 is 1. The predicted octanol–water partition coefficient (Wildman–Crippen LogP) is 6.48. The molecule has 0 aliphatic rings. The molecule has 4 rings (SSSR count). The van der Waals surface area contributed by atoms with Crippen molar-refractivity contribution in [1.29, 1.82) is 0 Å².